The van der Waals surface area contributed by atoms with Crippen molar-refractivity contribution in [2.75, 3.05) is 25.0 Å². The van der Waals surface area contributed by atoms with Gasteiger partial charge in [0, 0.05) is 29.8 Å². The second-order valence-corrected chi connectivity index (χ2v) is 9.15. The maximum atomic E-state index is 12.5. The van der Waals surface area contributed by atoms with E-state index in [1.165, 1.54) is 16.4 Å². The molecule has 8 heteroatoms. The number of sulfonamides is 1. The van der Waals surface area contributed by atoms with Crippen LogP contribution in [0.4, 0.5) is 5.69 Å². The topological polar surface area (TPSA) is 78.5 Å². The van der Waals surface area contributed by atoms with E-state index in [4.69, 9.17) is 11.6 Å². The zero-order valence-electron chi connectivity index (χ0n) is 15.7. The summed E-state index contributed by atoms with van der Waals surface area (Å²) in [4.78, 5) is 12.4. The Balaban J connectivity index is 1.55. The molecule has 2 N–H and O–H groups in total. The van der Waals surface area contributed by atoms with Crippen molar-refractivity contribution in [3.8, 4) is 0 Å². The lowest BCUT2D eigenvalue weighted by Crippen LogP contribution is -2.30. The molecular formula is C20H24ClN3O3S. The number of carbonyl (C=O) groups is 1. The Labute approximate surface area is 170 Å². The zero-order chi connectivity index (χ0) is 20.1. The fourth-order valence-corrected chi connectivity index (χ4v) is 4.99. The first-order valence-corrected chi connectivity index (χ1v) is 11.1. The molecule has 1 fully saturated rings. The summed E-state index contributed by atoms with van der Waals surface area (Å²) in [6.45, 7) is 3.18. The van der Waals surface area contributed by atoms with E-state index in [1.807, 2.05) is 31.2 Å². The molecule has 1 atom stereocenters. The molecule has 1 aliphatic rings. The minimum absolute atomic E-state index is 0.0765. The molecule has 1 saturated heterocycles. The number of benzene rings is 2. The van der Waals surface area contributed by atoms with Crippen molar-refractivity contribution >= 4 is 33.2 Å². The standard InChI is InChI=1S/C20H24ClN3O3S/c1-15(18-6-2-3-7-19(18)21)22-14-20(25)23-16-8-10-17(11-9-16)28(26,27)24-12-4-5-13-24/h2-3,6-11,15,22H,4-5,12-14H2,1H3,(H,23,25)/t15-/m0/s1. The highest BCUT2D eigenvalue weighted by Crippen LogP contribution is 2.23. The number of nitrogens with zero attached hydrogens (tertiary/aromatic N) is 1. The normalized spacial score (nSPS) is 16.1. The predicted molar refractivity (Wildman–Crippen MR) is 111 cm³/mol. The van der Waals surface area contributed by atoms with Gasteiger partial charge in [0.1, 0.15) is 0 Å². The van der Waals surface area contributed by atoms with Gasteiger partial charge in [-0.05, 0) is 55.7 Å². The SMILES string of the molecule is C[C@H](NCC(=O)Nc1ccc(S(=O)(=O)N2CCCC2)cc1)c1ccccc1Cl. The van der Waals surface area contributed by atoms with E-state index >= 15 is 0 Å². The smallest absolute Gasteiger partial charge is 0.243 e. The van der Waals surface area contributed by atoms with E-state index in [1.54, 1.807) is 12.1 Å². The molecule has 2 aromatic carbocycles. The third kappa shape index (κ3) is 4.91. The summed E-state index contributed by atoms with van der Waals surface area (Å²) in [6.07, 6.45) is 1.79. The second-order valence-electron chi connectivity index (χ2n) is 6.81. The van der Waals surface area contributed by atoms with Gasteiger partial charge < -0.3 is 10.6 Å². The molecule has 0 aliphatic carbocycles. The van der Waals surface area contributed by atoms with E-state index < -0.39 is 10.0 Å². The molecule has 3 rings (SSSR count). The molecule has 0 saturated carbocycles. The molecule has 1 heterocycles. The Morgan fingerprint density at radius 1 is 1.11 bits per heavy atom. The van der Waals surface area contributed by atoms with Gasteiger partial charge in [0.2, 0.25) is 15.9 Å². The first-order chi connectivity index (χ1) is 13.4. The van der Waals surface area contributed by atoms with Gasteiger partial charge in [-0.25, -0.2) is 8.42 Å². The number of amides is 1. The summed E-state index contributed by atoms with van der Waals surface area (Å²) in [5, 5.41) is 6.55. The molecule has 0 radical (unpaired) electrons. The largest absolute Gasteiger partial charge is 0.325 e. The predicted octanol–water partition coefficient (Wildman–Crippen LogP) is 3.41. The van der Waals surface area contributed by atoms with Gasteiger partial charge in [-0.3, -0.25) is 4.79 Å². The van der Waals surface area contributed by atoms with Crippen LogP contribution in [-0.2, 0) is 14.8 Å². The third-order valence-corrected chi connectivity index (χ3v) is 7.04. The van der Waals surface area contributed by atoms with E-state index in [0.717, 1.165) is 18.4 Å². The lowest BCUT2D eigenvalue weighted by atomic mass is 10.1. The van der Waals surface area contributed by atoms with Gasteiger partial charge in [-0.1, -0.05) is 29.8 Å². The maximum Gasteiger partial charge on any atom is 0.243 e. The lowest BCUT2D eigenvalue weighted by molar-refractivity contribution is -0.115. The van der Waals surface area contributed by atoms with E-state index in [2.05, 4.69) is 10.6 Å². The van der Waals surface area contributed by atoms with Crippen molar-refractivity contribution in [3.05, 3.63) is 59.1 Å². The van der Waals surface area contributed by atoms with Crippen LogP contribution >= 0.6 is 11.6 Å². The average Bonchev–Trinajstić information content (AvgIpc) is 3.23. The first kappa shape index (κ1) is 20.8. The summed E-state index contributed by atoms with van der Waals surface area (Å²) in [5.41, 5.74) is 1.48. The highest BCUT2D eigenvalue weighted by molar-refractivity contribution is 7.89. The Kier molecular flexibility index (Phi) is 6.72. The minimum atomic E-state index is -3.44. The molecule has 0 bridgehead atoms. The number of anilines is 1. The summed E-state index contributed by atoms with van der Waals surface area (Å²) in [7, 11) is -3.44. The van der Waals surface area contributed by atoms with Crippen LogP contribution in [0.1, 0.15) is 31.4 Å². The van der Waals surface area contributed by atoms with Crippen molar-refractivity contribution in [2.24, 2.45) is 0 Å². The van der Waals surface area contributed by atoms with Gasteiger partial charge in [-0.15, -0.1) is 0 Å². The molecule has 0 unspecified atom stereocenters. The fraction of sp³-hybridized carbons (Fsp3) is 0.350. The molecule has 0 aromatic heterocycles. The summed E-state index contributed by atoms with van der Waals surface area (Å²) < 4.78 is 26.6. The average molecular weight is 422 g/mol. The number of hydrogen-bond donors (Lipinski definition) is 2. The van der Waals surface area contributed by atoms with Crippen molar-refractivity contribution in [1.82, 2.24) is 9.62 Å². The summed E-state index contributed by atoms with van der Waals surface area (Å²) in [5.74, 6) is -0.214. The third-order valence-electron chi connectivity index (χ3n) is 4.78. The molecule has 0 spiro atoms. The summed E-state index contributed by atoms with van der Waals surface area (Å²) >= 11 is 6.17. The van der Waals surface area contributed by atoms with Crippen molar-refractivity contribution in [1.29, 1.82) is 0 Å². The van der Waals surface area contributed by atoms with Gasteiger partial charge in [0.15, 0.2) is 0 Å². The van der Waals surface area contributed by atoms with Crippen molar-refractivity contribution < 1.29 is 13.2 Å². The Morgan fingerprint density at radius 3 is 2.39 bits per heavy atom. The summed E-state index contributed by atoms with van der Waals surface area (Å²) in [6, 6.07) is 13.7. The van der Waals surface area contributed by atoms with Crippen LogP contribution in [0, 0.1) is 0 Å². The van der Waals surface area contributed by atoms with Gasteiger partial charge in [0.25, 0.3) is 0 Å². The van der Waals surface area contributed by atoms with Crippen LogP contribution in [0.3, 0.4) is 0 Å². The van der Waals surface area contributed by atoms with E-state index in [9.17, 15) is 13.2 Å². The number of nitrogens with one attached hydrogen (secondary N) is 2. The van der Waals surface area contributed by atoms with Gasteiger partial charge in [-0.2, -0.15) is 4.31 Å². The van der Waals surface area contributed by atoms with Crippen LogP contribution < -0.4 is 10.6 Å². The monoisotopic (exact) mass is 421 g/mol. The number of rotatable bonds is 7. The van der Waals surface area contributed by atoms with Crippen LogP contribution in [0.15, 0.2) is 53.4 Å². The molecule has 150 valence electrons. The Bertz CT molecular complexity index is 926. The van der Waals surface area contributed by atoms with Crippen LogP contribution in [0.5, 0.6) is 0 Å². The molecule has 6 nitrogen and oxygen atoms in total. The highest BCUT2D eigenvalue weighted by Gasteiger charge is 2.26. The van der Waals surface area contributed by atoms with Gasteiger partial charge in [0.05, 0.1) is 11.4 Å². The van der Waals surface area contributed by atoms with Crippen LogP contribution in [0.25, 0.3) is 0 Å². The zero-order valence-corrected chi connectivity index (χ0v) is 17.3. The number of hydrogen-bond acceptors (Lipinski definition) is 4. The molecule has 1 aliphatic heterocycles. The van der Waals surface area contributed by atoms with Crippen molar-refractivity contribution in [2.45, 2.75) is 30.7 Å². The minimum Gasteiger partial charge on any atom is -0.325 e. The number of halogens is 1. The Morgan fingerprint density at radius 2 is 1.75 bits per heavy atom. The Hall–Kier alpha value is -1.93. The molecule has 28 heavy (non-hydrogen) atoms. The van der Waals surface area contributed by atoms with Crippen LogP contribution in [0.2, 0.25) is 5.02 Å². The van der Waals surface area contributed by atoms with E-state index in [-0.39, 0.29) is 23.4 Å². The molecule has 1 amide bonds. The number of carbonyl (C=O) groups excluding carboxylic acids is 1. The van der Waals surface area contributed by atoms with E-state index in [0.29, 0.717) is 23.8 Å². The van der Waals surface area contributed by atoms with Gasteiger partial charge >= 0.3 is 0 Å². The lowest BCUT2D eigenvalue weighted by Gasteiger charge is -2.16. The maximum absolute atomic E-state index is 12.5. The van der Waals surface area contributed by atoms with Crippen LogP contribution in [-0.4, -0.2) is 38.3 Å². The molecular weight excluding hydrogens is 398 g/mol. The quantitative estimate of drug-likeness (QED) is 0.718. The van der Waals surface area contributed by atoms with Crippen molar-refractivity contribution in [3.63, 3.8) is 0 Å². The molecule has 2 aromatic rings. The first-order valence-electron chi connectivity index (χ1n) is 9.26. The second kappa shape index (κ2) is 9.05. The fourth-order valence-electron chi connectivity index (χ4n) is 3.17. The highest BCUT2D eigenvalue weighted by atomic mass is 35.5.